The molecule has 1 aromatic rings. The molecule has 0 spiro atoms. The maximum Gasteiger partial charge on any atom is 0.228 e. The van der Waals surface area contributed by atoms with Crippen molar-refractivity contribution in [3.8, 4) is 0 Å². The van der Waals surface area contributed by atoms with Gasteiger partial charge in [0.2, 0.25) is 5.91 Å². The number of piperidine rings is 2. The third-order valence-electron chi connectivity index (χ3n) is 5.91. The molecule has 0 radical (unpaired) electrons. The average molecular weight is 359 g/mol. The van der Waals surface area contributed by atoms with E-state index in [1.807, 2.05) is 18.2 Å². The number of anilines is 1. The number of amides is 1. The third-order valence-corrected chi connectivity index (χ3v) is 5.91. The summed E-state index contributed by atoms with van der Waals surface area (Å²) in [5.74, 6) is 0.276. The predicted molar refractivity (Wildman–Crippen MR) is 108 cm³/mol. The molecule has 26 heavy (non-hydrogen) atoms. The number of carbonyl (C=O) groups is 1. The van der Waals surface area contributed by atoms with Crippen LogP contribution in [0.5, 0.6) is 0 Å². The summed E-state index contributed by atoms with van der Waals surface area (Å²) in [7, 11) is 4.33. The van der Waals surface area contributed by atoms with Crippen molar-refractivity contribution in [2.45, 2.75) is 44.2 Å². The summed E-state index contributed by atoms with van der Waals surface area (Å²) < 4.78 is 0. The van der Waals surface area contributed by atoms with Crippen molar-refractivity contribution in [1.82, 2.24) is 15.1 Å². The lowest BCUT2D eigenvalue weighted by atomic mass is 10.0. The van der Waals surface area contributed by atoms with Crippen LogP contribution in [0.3, 0.4) is 0 Å². The highest BCUT2D eigenvalue weighted by Crippen LogP contribution is 2.23. The van der Waals surface area contributed by atoms with E-state index in [1.165, 1.54) is 12.8 Å². The van der Waals surface area contributed by atoms with Gasteiger partial charge in [0.05, 0.1) is 0 Å². The van der Waals surface area contributed by atoms with Gasteiger partial charge in [-0.1, -0.05) is 18.2 Å². The monoisotopic (exact) mass is 358 g/mol. The van der Waals surface area contributed by atoms with Crippen molar-refractivity contribution in [2.75, 3.05) is 51.7 Å². The second kappa shape index (κ2) is 9.49. The Balaban J connectivity index is 1.57. The van der Waals surface area contributed by atoms with Gasteiger partial charge in [-0.25, -0.2) is 0 Å². The third kappa shape index (κ3) is 5.06. The van der Waals surface area contributed by atoms with Gasteiger partial charge in [0.25, 0.3) is 0 Å². The van der Waals surface area contributed by atoms with Crippen LogP contribution in [0.4, 0.5) is 5.69 Å². The van der Waals surface area contributed by atoms with Gasteiger partial charge in [-0.3, -0.25) is 4.79 Å². The number of hydrogen-bond donors (Lipinski definition) is 1. The minimum atomic E-state index is 0.276. The molecule has 2 fully saturated rings. The van der Waals surface area contributed by atoms with Gasteiger partial charge in [-0.15, -0.1) is 0 Å². The topological polar surface area (TPSA) is 38.8 Å². The van der Waals surface area contributed by atoms with Crippen LogP contribution in [-0.4, -0.2) is 74.6 Å². The van der Waals surface area contributed by atoms with E-state index in [9.17, 15) is 4.79 Å². The van der Waals surface area contributed by atoms with Gasteiger partial charge in [-0.05, 0) is 78.1 Å². The van der Waals surface area contributed by atoms with Crippen LogP contribution in [0.2, 0.25) is 0 Å². The summed E-state index contributed by atoms with van der Waals surface area (Å²) in [5.41, 5.74) is 1.05. The Hall–Kier alpha value is -1.43. The fourth-order valence-electron chi connectivity index (χ4n) is 4.25. The van der Waals surface area contributed by atoms with E-state index in [-0.39, 0.29) is 5.91 Å². The molecule has 1 N–H and O–H groups in total. The number of likely N-dealkylation sites (tertiary alicyclic amines) is 1. The number of carbonyl (C=O) groups excluding carboxylic acids is 1. The van der Waals surface area contributed by atoms with Crippen molar-refractivity contribution >= 4 is 11.6 Å². The van der Waals surface area contributed by atoms with E-state index in [1.54, 1.807) is 0 Å². The fourth-order valence-corrected chi connectivity index (χ4v) is 4.25. The van der Waals surface area contributed by atoms with Crippen molar-refractivity contribution in [3.63, 3.8) is 0 Å². The minimum absolute atomic E-state index is 0.276. The molecule has 0 saturated carbocycles. The molecule has 5 heteroatoms. The Kier molecular flexibility index (Phi) is 7.06. The normalized spacial score (nSPS) is 20.4. The zero-order chi connectivity index (χ0) is 18.4. The first-order valence-electron chi connectivity index (χ1n) is 10.1. The van der Waals surface area contributed by atoms with Gasteiger partial charge in [-0.2, -0.15) is 0 Å². The van der Waals surface area contributed by atoms with E-state index < -0.39 is 0 Å². The van der Waals surface area contributed by atoms with Crippen molar-refractivity contribution in [1.29, 1.82) is 0 Å². The highest BCUT2D eigenvalue weighted by molar-refractivity contribution is 5.94. The standard InChI is InChI=1S/C21H34N4O/c1-23(2)18-10-15-24(16-11-18)17-12-21(26)25(19-6-4-3-5-7-19)20-8-13-22-14-9-20/h3-7,18,20,22H,8-17H2,1-2H3. The maximum absolute atomic E-state index is 13.1. The van der Waals surface area contributed by atoms with E-state index in [4.69, 9.17) is 0 Å². The Morgan fingerprint density at radius 3 is 2.31 bits per heavy atom. The molecule has 0 aliphatic carbocycles. The van der Waals surface area contributed by atoms with Crippen LogP contribution in [0.15, 0.2) is 30.3 Å². The zero-order valence-electron chi connectivity index (χ0n) is 16.4. The van der Waals surface area contributed by atoms with Crippen LogP contribution in [0, 0.1) is 0 Å². The molecule has 0 aromatic heterocycles. The summed E-state index contributed by atoms with van der Waals surface area (Å²) >= 11 is 0. The van der Waals surface area contributed by atoms with Crippen LogP contribution < -0.4 is 10.2 Å². The van der Waals surface area contributed by atoms with E-state index in [0.717, 1.165) is 51.3 Å². The maximum atomic E-state index is 13.1. The van der Waals surface area contributed by atoms with Gasteiger partial charge in [0.15, 0.2) is 0 Å². The van der Waals surface area contributed by atoms with Crippen LogP contribution in [0.25, 0.3) is 0 Å². The second-order valence-corrected chi connectivity index (χ2v) is 7.87. The van der Waals surface area contributed by atoms with E-state index in [2.05, 4.69) is 46.2 Å². The Morgan fingerprint density at radius 1 is 1.04 bits per heavy atom. The number of benzene rings is 1. The Morgan fingerprint density at radius 2 is 1.69 bits per heavy atom. The van der Waals surface area contributed by atoms with Crippen molar-refractivity contribution < 1.29 is 4.79 Å². The largest absolute Gasteiger partial charge is 0.317 e. The lowest BCUT2D eigenvalue weighted by molar-refractivity contribution is -0.119. The lowest BCUT2D eigenvalue weighted by Crippen LogP contribution is -2.48. The van der Waals surface area contributed by atoms with E-state index in [0.29, 0.717) is 18.5 Å². The molecule has 2 heterocycles. The molecule has 0 unspecified atom stereocenters. The molecule has 1 amide bonds. The molecule has 0 atom stereocenters. The first-order valence-corrected chi connectivity index (χ1v) is 10.1. The molecule has 144 valence electrons. The van der Waals surface area contributed by atoms with Crippen LogP contribution >= 0.6 is 0 Å². The molecule has 2 aliphatic heterocycles. The zero-order valence-corrected chi connectivity index (χ0v) is 16.4. The quantitative estimate of drug-likeness (QED) is 0.846. The highest BCUT2D eigenvalue weighted by atomic mass is 16.2. The summed E-state index contributed by atoms with van der Waals surface area (Å²) in [6.07, 6.45) is 5.10. The Labute approximate surface area is 158 Å². The summed E-state index contributed by atoms with van der Waals surface area (Å²) in [5, 5.41) is 3.41. The lowest BCUT2D eigenvalue weighted by Gasteiger charge is -2.37. The number of hydrogen-bond acceptors (Lipinski definition) is 4. The molecule has 0 bridgehead atoms. The van der Waals surface area contributed by atoms with Crippen molar-refractivity contribution in [3.05, 3.63) is 30.3 Å². The molecule has 5 nitrogen and oxygen atoms in total. The van der Waals surface area contributed by atoms with Gasteiger partial charge in [0.1, 0.15) is 0 Å². The highest BCUT2D eigenvalue weighted by Gasteiger charge is 2.27. The number of nitrogens with one attached hydrogen (secondary N) is 1. The smallest absolute Gasteiger partial charge is 0.228 e. The molecular formula is C21H34N4O. The minimum Gasteiger partial charge on any atom is -0.317 e. The number of rotatable bonds is 6. The molecule has 1 aromatic carbocycles. The van der Waals surface area contributed by atoms with Gasteiger partial charge < -0.3 is 20.0 Å². The molecular weight excluding hydrogens is 324 g/mol. The summed E-state index contributed by atoms with van der Waals surface area (Å²) in [6.45, 7) is 5.09. The first kappa shape index (κ1) is 19.3. The van der Waals surface area contributed by atoms with Crippen LogP contribution in [-0.2, 0) is 4.79 Å². The van der Waals surface area contributed by atoms with Crippen molar-refractivity contribution in [2.24, 2.45) is 0 Å². The number of para-hydroxylation sites is 1. The molecule has 2 saturated heterocycles. The predicted octanol–water partition coefficient (Wildman–Crippen LogP) is 2.19. The molecule has 2 aliphatic rings. The average Bonchev–Trinajstić information content (AvgIpc) is 2.68. The summed E-state index contributed by atoms with van der Waals surface area (Å²) in [6, 6.07) is 11.2. The second-order valence-electron chi connectivity index (χ2n) is 7.87. The first-order chi connectivity index (χ1) is 12.6. The number of nitrogens with zero attached hydrogens (tertiary/aromatic N) is 3. The van der Waals surface area contributed by atoms with Gasteiger partial charge in [0, 0.05) is 30.7 Å². The Bertz CT molecular complexity index is 548. The summed E-state index contributed by atoms with van der Waals surface area (Å²) in [4.78, 5) is 20.0. The van der Waals surface area contributed by atoms with Gasteiger partial charge >= 0.3 is 0 Å². The SMILES string of the molecule is CN(C)C1CCN(CCC(=O)N(c2ccccc2)C2CCNCC2)CC1. The molecule has 3 rings (SSSR count). The fraction of sp³-hybridized carbons (Fsp3) is 0.667. The van der Waals surface area contributed by atoms with E-state index >= 15 is 0 Å². The van der Waals surface area contributed by atoms with Crippen LogP contribution in [0.1, 0.15) is 32.1 Å².